The number of aliphatic hydroxyl groups is 1. The summed E-state index contributed by atoms with van der Waals surface area (Å²) in [6.07, 6.45) is 1.08. The molecular weight excluding hydrogens is 156 g/mol. The summed E-state index contributed by atoms with van der Waals surface area (Å²) in [5.41, 5.74) is -0.508. The second kappa shape index (κ2) is 2.55. The molecule has 3 nitrogen and oxygen atoms in total. The summed E-state index contributed by atoms with van der Waals surface area (Å²) < 4.78 is 11.0. The van der Waals surface area contributed by atoms with Gasteiger partial charge in [-0.25, -0.2) is 0 Å². The first kappa shape index (κ1) is 8.23. The fourth-order valence-electron chi connectivity index (χ4n) is 2.07. The summed E-state index contributed by atoms with van der Waals surface area (Å²) in [4.78, 5) is 0. The standard InChI is InChI=1S/C9H14O3/c1-3-8(10)9-5-11-7(4-12-9)6(9)2/h3,6-8,10H,1,4-5H2,2H3/t6-,7-,8-,9-/m0/s1. The van der Waals surface area contributed by atoms with Crippen LogP contribution in [0.3, 0.4) is 0 Å². The van der Waals surface area contributed by atoms with Gasteiger partial charge in [-0.15, -0.1) is 6.58 Å². The highest BCUT2D eigenvalue weighted by atomic mass is 16.6. The van der Waals surface area contributed by atoms with Gasteiger partial charge in [-0.2, -0.15) is 0 Å². The zero-order chi connectivity index (χ0) is 8.77. The van der Waals surface area contributed by atoms with E-state index >= 15 is 0 Å². The second-order valence-electron chi connectivity index (χ2n) is 3.58. The molecule has 2 aliphatic rings. The third-order valence-electron chi connectivity index (χ3n) is 3.09. The van der Waals surface area contributed by atoms with Crippen molar-refractivity contribution in [2.45, 2.75) is 24.7 Å². The molecule has 0 saturated carbocycles. The molecule has 2 heterocycles. The van der Waals surface area contributed by atoms with Crippen LogP contribution in [0.25, 0.3) is 0 Å². The maximum atomic E-state index is 9.68. The van der Waals surface area contributed by atoms with E-state index in [9.17, 15) is 5.11 Å². The highest BCUT2D eigenvalue weighted by Crippen LogP contribution is 2.43. The van der Waals surface area contributed by atoms with Gasteiger partial charge < -0.3 is 14.6 Å². The van der Waals surface area contributed by atoms with Crippen molar-refractivity contribution in [1.29, 1.82) is 0 Å². The second-order valence-corrected chi connectivity index (χ2v) is 3.58. The van der Waals surface area contributed by atoms with E-state index in [2.05, 4.69) is 13.5 Å². The van der Waals surface area contributed by atoms with E-state index in [1.165, 1.54) is 6.08 Å². The molecule has 2 saturated heterocycles. The number of ether oxygens (including phenoxy) is 2. The third-order valence-corrected chi connectivity index (χ3v) is 3.09. The lowest BCUT2D eigenvalue weighted by Crippen LogP contribution is -2.46. The van der Waals surface area contributed by atoms with Crippen molar-refractivity contribution in [3.63, 3.8) is 0 Å². The van der Waals surface area contributed by atoms with Crippen LogP contribution in [0.1, 0.15) is 6.92 Å². The lowest BCUT2D eigenvalue weighted by Gasteiger charge is -2.31. The smallest absolute Gasteiger partial charge is 0.126 e. The predicted octanol–water partition coefficient (Wildman–Crippen LogP) is 0.337. The molecule has 0 aromatic carbocycles. The minimum Gasteiger partial charge on any atom is -0.386 e. The Labute approximate surface area is 72.0 Å². The molecule has 2 bridgehead atoms. The molecule has 0 aromatic rings. The quantitative estimate of drug-likeness (QED) is 0.607. The fourth-order valence-corrected chi connectivity index (χ4v) is 2.07. The lowest BCUT2D eigenvalue weighted by molar-refractivity contribution is -0.136. The number of fused-ring (bicyclic) bond motifs is 2. The maximum absolute atomic E-state index is 9.68. The number of rotatable bonds is 2. The topological polar surface area (TPSA) is 38.7 Å². The van der Waals surface area contributed by atoms with E-state index in [1.54, 1.807) is 0 Å². The first-order chi connectivity index (χ1) is 5.70. The van der Waals surface area contributed by atoms with Crippen molar-refractivity contribution in [1.82, 2.24) is 0 Å². The summed E-state index contributed by atoms with van der Waals surface area (Å²) >= 11 is 0. The van der Waals surface area contributed by atoms with Gasteiger partial charge in [0.15, 0.2) is 0 Å². The predicted molar refractivity (Wildman–Crippen MR) is 43.8 cm³/mol. The molecule has 68 valence electrons. The van der Waals surface area contributed by atoms with Crippen molar-refractivity contribution >= 4 is 0 Å². The molecule has 0 amide bonds. The van der Waals surface area contributed by atoms with Gasteiger partial charge in [-0.3, -0.25) is 0 Å². The molecule has 0 aromatic heterocycles. The number of hydrogen-bond acceptors (Lipinski definition) is 3. The Hall–Kier alpha value is -0.380. The maximum Gasteiger partial charge on any atom is 0.126 e. The SMILES string of the molecule is C=C[C@H](O)[C@@]12CO[C@@H](CO1)[C@@H]2C. The Kier molecular flexibility index (Phi) is 1.75. The van der Waals surface area contributed by atoms with Crippen LogP contribution in [0, 0.1) is 5.92 Å². The molecule has 2 fully saturated rings. The molecule has 2 rings (SSSR count). The van der Waals surface area contributed by atoms with Crippen molar-refractivity contribution in [2.75, 3.05) is 13.2 Å². The van der Waals surface area contributed by atoms with Crippen LogP contribution in [0.15, 0.2) is 12.7 Å². The average molecular weight is 170 g/mol. The fraction of sp³-hybridized carbons (Fsp3) is 0.778. The summed E-state index contributed by atoms with van der Waals surface area (Å²) in [5.74, 6) is 0.269. The van der Waals surface area contributed by atoms with Gasteiger partial charge >= 0.3 is 0 Å². The van der Waals surface area contributed by atoms with Crippen LogP contribution in [-0.4, -0.2) is 36.1 Å². The Morgan fingerprint density at radius 2 is 2.50 bits per heavy atom. The van der Waals surface area contributed by atoms with Gasteiger partial charge in [0, 0.05) is 5.92 Å². The molecule has 12 heavy (non-hydrogen) atoms. The van der Waals surface area contributed by atoms with Crippen LogP contribution in [0.2, 0.25) is 0 Å². The summed E-state index contributed by atoms with van der Waals surface area (Å²) in [6, 6.07) is 0. The molecule has 0 unspecified atom stereocenters. The largest absolute Gasteiger partial charge is 0.386 e. The number of aliphatic hydroxyl groups excluding tert-OH is 1. The average Bonchev–Trinajstić information content (AvgIpc) is 2.60. The van der Waals surface area contributed by atoms with E-state index in [0.717, 1.165) is 0 Å². The molecule has 0 radical (unpaired) electrons. The molecule has 0 spiro atoms. The van der Waals surface area contributed by atoms with Gasteiger partial charge in [0.25, 0.3) is 0 Å². The minimum absolute atomic E-state index is 0.166. The first-order valence-corrected chi connectivity index (χ1v) is 4.27. The van der Waals surface area contributed by atoms with Crippen LogP contribution < -0.4 is 0 Å². The Balaban J connectivity index is 2.24. The van der Waals surface area contributed by atoms with Crippen LogP contribution in [0.5, 0.6) is 0 Å². The number of hydrogen-bond donors (Lipinski definition) is 1. The van der Waals surface area contributed by atoms with Crippen LogP contribution >= 0.6 is 0 Å². The van der Waals surface area contributed by atoms with E-state index in [1.807, 2.05) is 0 Å². The third kappa shape index (κ3) is 0.815. The Bertz CT molecular complexity index is 194. The first-order valence-electron chi connectivity index (χ1n) is 4.27. The molecule has 2 aliphatic heterocycles. The zero-order valence-corrected chi connectivity index (χ0v) is 7.19. The molecule has 4 atom stereocenters. The monoisotopic (exact) mass is 170 g/mol. The van der Waals surface area contributed by atoms with E-state index < -0.39 is 11.7 Å². The van der Waals surface area contributed by atoms with Crippen molar-refractivity contribution < 1.29 is 14.6 Å². The molecular formula is C9H14O3. The minimum atomic E-state index is -0.611. The van der Waals surface area contributed by atoms with Crippen LogP contribution in [-0.2, 0) is 9.47 Å². The summed E-state index contributed by atoms with van der Waals surface area (Å²) in [6.45, 7) is 6.71. The van der Waals surface area contributed by atoms with Crippen molar-refractivity contribution in [3.05, 3.63) is 12.7 Å². The van der Waals surface area contributed by atoms with Crippen LogP contribution in [0.4, 0.5) is 0 Å². The highest BCUT2D eigenvalue weighted by Gasteiger charge is 2.57. The van der Waals surface area contributed by atoms with Gasteiger partial charge in [-0.05, 0) is 0 Å². The van der Waals surface area contributed by atoms with E-state index in [0.29, 0.717) is 13.2 Å². The van der Waals surface area contributed by atoms with Crippen molar-refractivity contribution in [2.24, 2.45) is 5.92 Å². The Morgan fingerprint density at radius 1 is 1.75 bits per heavy atom. The lowest BCUT2D eigenvalue weighted by atomic mass is 9.86. The van der Waals surface area contributed by atoms with Crippen molar-refractivity contribution in [3.8, 4) is 0 Å². The molecule has 1 N–H and O–H groups in total. The van der Waals surface area contributed by atoms with Gasteiger partial charge in [-0.1, -0.05) is 13.0 Å². The summed E-state index contributed by atoms with van der Waals surface area (Å²) in [7, 11) is 0. The highest BCUT2D eigenvalue weighted by molar-refractivity contribution is 5.09. The Morgan fingerprint density at radius 3 is 2.83 bits per heavy atom. The van der Waals surface area contributed by atoms with E-state index in [-0.39, 0.29) is 12.0 Å². The molecule has 0 aliphatic carbocycles. The van der Waals surface area contributed by atoms with E-state index in [4.69, 9.17) is 9.47 Å². The van der Waals surface area contributed by atoms with Gasteiger partial charge in [0.1, 0.15) is 11.7 Å². The summed E-state index contributed by atoms with van der Waals surface area (Å²) in [5, 5.41) is 9.68. The molecule has 3 heteroatoms. The van der Waals surface area contributed by atoms with Gasteiger partial charge in [0.05, 0.1) is 19.3 Å². The normalized spacial score (nSPS) is 47.8. The zero-order valence-electron chi connectivity index (χ0n) is 7.19. The van der Waals surface area contributed by atoms with Gasteiger partial charge in [0.2, 0.25) is 0 Å².